The molecule has 2 heterocycles. The molecule has 2 aliphatic rings. The fourth-order valence-electron chi connectivity index (χ4n) is 5.46. The summed E-state index contributed by atoms with van der Waals surface area (Å²) < 4.78 is 7.02. The summed E-state index contributed by atoms with van der Waals surface area (Å²) in [5, 5.41) is 7.62. The van der Waals surface area contributed by atoms with E-state index in [0.717, 1.165) is 22.3 Å². The lowest BCUT2D eigenvalue weighted by Crippen LogP contribution is -2.34. The van der Waals surface area contributed by atoms with Crippen LogP contribution in [0.1, 0.15) is 54.7 Å². The van der Waals surface area contributed by atoms with Gasteiger partial charge in [0.05, 0.1) is 16.8 Å². The molecular weight excluding hydrogens is 524 g/mol. The van der Waals surface area contributed by atoms with Crippen LogP contribution in [0.3, 0.4) is 0 Å². The van der Waals surface area contributed by atoms with E-state index in [1.165, 1.54) is 16.8 Å². The summed E-state index contributed by atoms with van der Waals surface area (Å²) in [4.78, 5) is 55.3. The maximum atomic E-state index is 12.6. The number of nitrogens with zero attached hydrogens (tertiary/aromatic N) is 3. The number of carbonyl (C=O) groups is 4. The molecule has 0 radical (unpaired) electrons. The predicted octanol–water partition coefficient (Wildman–Crippen LogP) is 4.29. The van der Waals surface area contributed by atoms with Crippen LogP contribution in [-0.2, 0) is 27.5 Å². The Morgan fingerprint density at radius 2 is 1.37 bits per heavy atom. The minimum absolute atomic E-state index is 0.0486. The van der Waals surface area contributed by atoms with Gasteiger partial charge in [-0.15, -0.1) is 0 Å². The van der Waals surface area contributed by atoms with Gasteiger partial charge in [0.15, 0.2) is 0 Å². The number of amides is 3. The first-order valence-electron chi connectivity index (χ1n) is 13.1. The van der Waals surface area contributed by atoms with Gasteiger partial charge in [-0.2, -0.15) is 5.10 Å². The third kappa shape index (κ3) is 4.63. The number of aromatic nitrogens is 2. The molecule has 1 aliphatic carbocycles. The molecule has 1 aromatic heterocycles. The zero-order valence-corrected chi connectivity index (χ0v) is 22.4. The van der Waals surface area contributed by atoms with Gasteiger partial charge >= 0.3 is 12.1 Å². The van der Waals surface area contributed by atoms with Crippen LogP contribution in [0.2, 0.25) is 0 Å². The number of alkyl carbamates (subject to hydrolysis) is 1. The first-order valence-corrected chi connectivity index (χ1v) is 13.1. The normalized spacial score (nSPS) is 13.6. The van der Waals surface area contributed by atoms with E-state index in [1.807, 2.05) is 24.3 Å². The third-order valence-corrected chi connectivity index (χ3v) is 7.51. The standard InChI is InChI=1S/C31H26N4O6/c1-18-26(15-32-31(39)40-17-27-22-11-5-3-9-20(22)21-10-4-6-12-23(21)27)19(2)34(33-18)16-28(36)41-35-29(37)24-13-7-8-14-25(24)30(35)38/h3-14,27H,15-17H2,1-2H3,(H,32,39). The van der Waals surface area contributed by atoms with Crippen molar-refractivity contribution in [1.29, 1.82) is 0 Å². The highest BCUT2D eigenvalue weighted by atomic mass is 16.7. The fourth-order valence-corrected chi connectivity index (χ4v) is 5.46. The van der Waals surface area contributed by atoms with E-state index in [0.29, 0.717) is 22.0 Å². The van der Waals surface area contributed by atoms with Crippen LogP contribution in [0.25, 0.3) is 11.1 Å². The lowest BCUT2D eigenvalue weighted by atomic mass is 9.98. The number of rotatable bonds is 7. The molecule has 1 N–H and O–H groups in total. The molecule has 206 valence electrons. The van der Waals surface area contributed by atoms with Crippen LogP contribution in [0.5, 0.6) is 0 Å². The smallest absolute Gasteiger partial charge is 0.407 e. The molecule has 0 atom stereocenters. The molecule has 0 fully saturated rings. The number of imide groups is 1. The van der Waals surface area contributed by atoms with Gasteiger partial charge in [0.2, 0.25) is 0 Å². The predicted molar refractivity (Wildman–Crippen MR) is 147 cm³/mol. The molecule has 10 heteroatoms. The number of ether oxygens (including phenoxy) is 1. The second kappa shape index (κ2) is 10.4. The summed E-state index contributed by atoms with van der Waals surface area (Å²) in [6.07, 6.45) is -0.566. The second-order valence-corrected chi connectivity index (χ2v) is 9.90. The number of nitrogens with one attached hydrogen (secondary N) is 1. The van der Waals surface area contributed by atoms with E-state index < -0.39 is 23.9 Å². The van der Waals surface area contributed by atoms with Crippen LogP contribution < -0.4 is 5.32 Å². The van der Waals surface area contributed by atoms with E-state index in [4.69, 9.17) is 9.57 Å². The molecular formula is C31H26N4O6. The lowest BCUT2D eigenvalue weighted by molar-refractivity contribution is -0.169. The summed E-state index contributed by atoms with van der Waals surface area (Å²) >= 11 is 0. The van der Waals surface area contributed by atoms with Gasteiger partial charge in [0.25, 0.3) is 11.8 Å². The van der Waals surface area contributed by atoms with Gasteiger partial charge in [0.1, 0.15) is 13.2 Å². The molecule has 3 amide bonds. The summed E-state index contributed by atoms with van der Waals surface area (Å²) in [6, 6.07) is 22.5. The van der Waals surface area contributed by atoms with Crippen molar-refractivity contribution in [3.05, 3.63) is 112 Å². The Balaban J connectivity index is 1.05. The van der Waals surface area contributed by atoms with E-state index in [2.05, 4.69) is 34.7 Å². The molecule has 3 aromatic carbocycles. The Kier molecular flexibility index (Phi) is 6.58. The first kappa shape index (κ1) is 26.0. The van der Waals surface area contributed by atoms with Gasteiger partial charge in [-0.3, -0.25) is 14.3 Å². The lowest BCUT2D eigenvalue weighted by Gasteiger charge is -2.15. The minimum Gasteiger partial charge on any atom is -0.449 e. The number of carbonyl (C=O) groups excluding carboxylic acids is 4. The SMILES string of the molecule is Cc1nn(CC(=O)ON2C(=O)c3ccccc3C2=O)c(C)c1CNC(=O)OCC1c2ccccc2-c2ccccc21. The highest BCUT2D eigenvalue weighted by molar-refractivity contribution is 6.20. The second-order valence-electron chi connectivity index (χ2n) is 9.90. The van der Waals surface area contributed by atoms with Crippen LogP contribution in [0.4, 0.5) is 4.79 Å². The van der Waals surface area contributed by atoms with Gasteiger partial charge in [0, 0.05) is 23.7 Å². The van der Waals surface area contributed by atoms with Gasteiger partial charge in [-0.25, -0.2) is 9.59 Å². The van der Waals surface area contributed by atoms with Crippen molar-refractivity contribution in [2.45, 2.75) is 32.9 Å². The van der Waals surface area contributed by atoms with Gasteiger partial charge in [-0.05, 0) is 48.2 Å². The average Bonchev–Trinajstić information content (AvgIpc) is 3.53. The molecule has 1 aliphatic heterocycles. The van der Waals surface area contributed by atoms with E-state index in [-0.39, 0.29) is 36.7 Å². The van der Waals surface area contributed by atoms with Crippen molar-refractivity contribution in [3.8, 4) is 11.1 Å². The number of hydrogen-bond donors (Lipinski definition) is 1. The third-order valence-electron chi connectivity index (χ3n) is 7.51. The fraction of sp³-hybridized carbons (Fsp3) is 0.194. The largest absolute Gasteiger partial charge is 0.449 e. The maximum Gasteiger partial charge on any atom is 0.407 e. The number of fused-ring (bicyclic) bond motifs is 4. The van der Waals surface area contributed by atoms with Crippen molar-refractivity contribution < 1.29 is 28.8 Å². The monoisotopic (exact) mass is 550 g/mol. The Labute approximate surface area is 235 Å². The van der Waals surface area contributed by atoms with Crippen molar-refractivity contribution in [2.75, 3.05) is 6.61 Å². The molecule has 4 aromatic rings. The average molecular weight is 551 g/mol. The van der Waals surface area contributed by atoms with Crippen LogP contribution in [-0.4, -0.2) is 45.3 Å². The highest BCUT2D eigenvalue weighted by Gasteiger charge is 2.38. The number of benzene rings is 3. The molecule has 0 bridgehead atoms. The van der Waals surface area contributed by atoms with Crippen molar-refractivity contribution in [3.63, 3.8) is 0 Å². The van der Waals surface area contributed by atoms with Crippen LogP contribution in [0, 0.1) is 13.8 Å². The van der Waals surface area contributed by atoms with Crippen molar-refractivity contribution in [1.82, 2.24) is 20.2 Å². The van der Waals surface area contributed by atoms with Gasteiger partial charge < -0.3 is 14.9 Å². The molecule has 0 spiro atoms. The summed E-state index contributed by atoms with van der Waals surface area (Å²) in [6.45, 7) is 3.52. The van der Waals surface area contributed by atoms with E-state index in [9.17, 15) is 19.2 Å². The molecule has 0 saturated heterocycles. The Morgan fingerprint density at radius 3 is 1.95 bits per heavy atom. The number of hydroxylamine groups is 2. The zero-order valence-electron chi connectivity index (χ0n) is 22.4. The minimum atomic E-state index is -0.832. The van der Waals surface area contributed by atoms with Crippen molar-refractivity contribution in [2.24, 2.45) is 0 Å². The van der Waals surface area contributed by atoms with Crippen LogP contribution >= 0.6 is 0 Å². The first-order chi connectivity index (χ1) is 19.8. The zero-order chi connectivity index (χ0) is 28.7. The molecule has 6 rings (SSSR count). The number of hydrogen-bond acceptors (Lipinski definition) is 7. The summed E-state index contributed by atoms with van der Waals surface area (Å²) in [7, 11) is 0. The Bertz CT molecular complexity index is 1640. The van der Waals surface area contributed by atoms with Crippen LogP contribution in [0.15, 0.2) is 72.8 Å². The van der Waals surface area contributed by atoms with E-state index in [1.54, 1.807) is 26.0 Å². The highest BCUT2D eigenvalue weighted by Crippen LogP contribution is 2.44. The van der Waals surface area contributed by atoms with Gasteiger partial charge in [-0.1, -0.05) is 65.7 Å². The summed E-state index contributed by atoms with van der Waals surface area (Å²) in [5.74, 6) is -2.27. The van der Waals surface area contributed by atoms with E-state index >= 15 is 0 Å². The maximum absolute atomic E-state index is 12.6. The molecule has 0 saturated carbocycles. The Hall–Kier alpha value is -5.25. The van der Waals surface area contributed by atoms with Crippen molar-refractivity contribution >= 4 is 23.9 Å². The Morgan fingerprint density at radius 1 is 0.829 bits per heavy atom. The number of aryl methyl sites for hydroxylation is 1. The molecule has 0 unspecified atom stereocenters. The molecule has 10 nitrogen and oxygen atoms in total. The quantitative estimate of drug-likeness (QED) is 0.341. The summed E-state index contributed by atoms with van der Waals surface area (Å²) in [5.41, 5.74) is 6.86. The topological polar surface area (TPSA) is 120 Å². The molecule has 41 heavy (non-hydrogen) atoms.